The third kappa shape index (κ3) is 3.82. The van der Waals surface area contributed by atoms with Crippen molar-refractivity contribution in [1.29, 1.82) is 0 Å². The summed E-state index contributed by atoms with van der Waals surface area (Å²) in [5.74, 6) is -2.00. The molecule has 0 unspecified atom stereocenters. The quantitative estimate of drug-likeness (QED) is 0.339. The van der Waals surface area contributed by atoms with Crippen LogP contribution in [0, 0.1) is 11.8 Å². The Balaban J connectivity index is 1.62. The van der Waals surface area contributed by atoms with Gasteiger partial charge in [-0.1, -0.05) is 19.3 Å². The number of nitrogens with zero attached hydrogens (tertiary/aromatic N) is 2. The van der Waals surface area contributed by atoms with Crippen LogP contribution in [-0.2, 0) is 14.8 Å². The fraction of sp³-hybridized carbons (Fsp3) is 0.625. The van der Waals surface area contributed by atoms with E-state index < -0.39 is 21.8 Å². The monoisotopic (exact) mass is 510 g/mol. The van der Waals surface area contributed by atoms with Gasteiger partial charge in [0, 0.05) is 31.2 Å². The summed E-state index contributed by atoms with van der Waals surface area (Å²) in [6.07, 6.45) is 11.2. The van der Waals surface area contributed by atoms with Gasteiger partial charge in [-0.05, 0) is 56.3 Å². The molecule has 1 aromatic rings. The Labute approximate surface area is 204 Å². The molecule has 4 saturated carbocycles. The molecule has 0 saturated heterocycles. The van der Waals surface area contributed by atoms with Gasteiger partial charge in [-0.3, -0.25) is 0 Å². The first-order valence-corrected chi connectivity index (χ1v) is 14.6. The summed E-state index contributed by atoms with van der Waals surface area (Å²) in [4.78, 5) is 14.0. The number of likely N-dealkylation sites (N-methyl/N-ethyl adjacent to an activating group) is 1. The SMILES string of the molecule is CSc1cc2c(cc1O/C=C(\F)C(=O)O)S(=O)(=O)N(C)[C@H](C1CCCCC1)CN2C12CC(C1)C2. The van der Waals surface area contributed by atoms with Gasteiger partial charge in [0.1, 0.15) is 16.9 Å². The maximum atomic E-state index is 13.9. The zero-order valence-corrected chi connectivity index (χ0v) is 21.1. The van der Waals surface area contributed by atoms with Gasteiger partial charge < -0.3 is 14.7 Å². The minimum atomic E-state index is -3.85. The fourth-order valence-corrected chi connectivity index (χ4v) is 8.41. The molecule has 4 aliphatic carbocycles. The summed E-state index contributed by atoms with van der Waals surface area (Å²) in [6.45, 7) is 0.668. The van der Waals surface area contributed by atoms with Gasteiger partial charge in [-0.15, -0.1) is 11.8 Å². The third-order valence-corrected chi connectivity index (χ3v) is 11.0. The number of carbonyl (C=O) groups is 1. The van der Waals surface area contributed by atoms with E-state index in [-0.39, 0.29) is 22.2 Å². The van der Waals surface area contributed by atoms with E-state index in [1.807, 2.05) is 12.3 Å². The topological polar surface area (TPSA) is 87.1 Å². The number of carboxylic acids is 1. The van der Waals surface area contributed by atoms with E-state index in [1.165, 1.54) is 24.2 Å². The number of benzene rings is 1. The van der Waals surface area contributed by atoms with Crippen LogP contribution in [0.3, 0.4) is 0 Å². The van der Waals surface area contributed by atoms with Crippen LogP contribution in [0.15, 0.2) is 34.0 Å². The summed E-state index contributed by atoms with van der Waals surface area (Å²) in [5, 5.41) is 8.81. The predicted molar refractivity (Wildman–Crippen MR) is 128 cm³/mol. The van der Waals surface area contributed by atoms with E-state index in [1.54, 1.807) is 11.4 Å². The minimum Gasteiger partial charge on any atom is -0.476 e. The average Bonchev–Trinajstić information content (AvgIpc) is 2.84. The second-order valence-electron chi connectivity index (χ2n) is 10.2. The molecule has 1 N–H and O–H groups in total. The van der Waals surface area contributed by atoms with Gasteiger partial charge in [-0.2, -0.15) is 8.70 Å². The van der Waals surface area contributed by atoms with Gasteiger partial charge in [0.15, 0.2) is 0 Å². The summed E-state index contributed by atoms with van der Waals surface area (Å²) < 4.78 is 48.3. The standard InChI is InChI=1S/C24H31FN2O5S2/c1-26-19(16-6-4-3-5-7-16)13-27(24-10-15(11-24)12-24)18-8-21(33-2)20(9-22(18)34(26,30)31)32-14-17(25)23(28)29/h8-9,14-16,19H,3-7,10-13H2,1-2H3,(H,28,29)/b17-14-/t15?,19-,24?/m0/s1. The van der Waals surface area contributed by atoms with Crippen LogP contribution in [0.1, 0.15) is 51.4 Å². The molecule has 6 rings (SSSR count). The van der Waals surface area contributed by atoms with Crippen LogP contribution >= 0.6 is 11.8 Å². The number of aliphatic carboxylic acids is 1. The Hall–Kier alpha value is -1.78. The Morgan fingerprint density at radius 1 is 1.24 bits per heavy atom. The number of sulfonamides is 1. The highest BCUT2D eigenvalue weighted by atomic mass is 32.2. The lowest BCUT2D eigenvalue weighted by Crippen LogP contribution is -2.70. The number of rotatable bonds is 6. The van der Waals surface area contributed by atoms with Gasteiger partial charge >= 0.3 is 5.97 Å². The number of carboxylic acid groups (broad SMARTS) is 1. The molecule has 4 fully saturated rings. The number of thioether (sulfide) groups is 1. The molecule has 0 amide bonds. The first-order valence-electron chi connectivity index (χ1n) is 11.9. The molecule has 7 nitrogen and oxygen atoms in total. The number of hydrogen-bond acceptors (Lipinski definition) is 6. The highest BCUT2D eigenvalue weighted by molar-refractivity contribution is 7.98. The lowest BCUT2D eigenvalue weighted by atomic mass is 9.49. The van der Waals surface area contributed by atoms with E-state index in [0.29, 0.717) is 29.3 Å². The van der Waals surface area contributed by atoms with Crippen molar-refractivity contribution < 1.29 is 27.4 Å². The second-order valence-corrected chi connectivity index (χ2v) is 13.0. The molecule has 0 spiro atoms. The van der Waals surface area contributed by atoms with Crippen LogP contribution in [-0.4, -0.2) is 55.2 Å². The van der Waals surface area contributed by atoms with Crippen molar-refractivity contribution in [1.82, 2.24) is 4.31 Å². The lowest BCUT2D eigenvalue weighted by Gasteiger charge is -2.67. The van der Waals surface area contributed by atoms with Crippen molar-refractivity contribution in [2.45, 2.75) is 72.7 Å². The molecule has 0 aromatic heterocycles. The highest BCUT2D eigenvalue weighted by Gasteiger charge is 2.61. The average molecular weight is 511 g/mol. The Bertz CT molecular complexity index is 1120. The van der Waals surface area contributed by atoms with Crippen LogP contribution in [0.25, 0.3) is 0 Å². The molecule has 2 bridgehead atoms. The van der Waals surface area contributed by atoms with Crippen molar-refractivity contribution in [2.75, 3.05) is 24.7 Å². The smallest absolute Gasteiger partial charge is 0.368 e. The van der Waals surface area contributed by atoms with Gasteiger partial charge in [-0.25, -0.2) is 13.2 Å². The fourth-order valence-electron chi connectivity index (χ4n) is 6.28. The molecule has 34 heavy (non-hydrogen) atoms. The maximum absolute atomic E-state index is 13.9. The second kappa shape index (κ2) is 8.71. The van der Waals surface area contributed by atoms with Gasteiger partial charge in [0.05, 0.1) is 10.6 Å². The van der Waals surface area contributed by atoms with Crippen LogP contribution in [0.2, 0.25) is 0 Å². The largest absolute Gasteiger partial charge is 0.476 e. The van der Waals surface area contributed by atoms with E-state index in [4.69, 9.17) is 9.84 Å². The number of fused-ring (bicyclic) bond motifs is 1. The summed E-state index contributed by atoms with van der Waals surface area (Å²) in [7, 11) is -2.17. The predicted octanol–water partition coefficient (Wildman–Crippen LogP) is 4.62. The molecule has 1 aromatic carbocycles. The zero-order chi connectivity index (χ0) is 24.3. The van der Waals surface area contributed by atoms with Crippen molar-refractivity contribution in [3.63, 3.8) is 0 Å². The first-order chi connectivity index (χ1) is 16.2. The van der Waals surface area contributed by atoms with Crippen LogP contribution < -0.4 is 9.64 Å². The summed E-state index contributed by atoms with van der Waals surface area (Å²) in [5.41, 5.74) is 0.697. The zero-order valence-electron chi connectivity index (χ0n) is 19.5. The number of ether oxygens (including phenoxy) is 1. The van der Waals surface area contributed by atoms with Gasteiger partial charge in [0.2, 0.25) is 15.9 Å². The molecular weight excluding hydrogens is 479 g/mol. The van der Waals surface area contributed by atoms with Crippen LogP contribution in [0.5, 0.6) is 5.75 Å². The molecule has 186 valence electrons. The molecular formula is C24H31FN2O5S2. The van der Waals surface area contributed by atoms with Crippen molar-refractivity contribution in [3.05, 3.63) is 24.2 Å². The normalized spacial score (nSPS) is 31.1. The number of halogens is 1. The third-order valence-electron chi connectivity index (χ3n) is 8.30. The number of hydrogen-bond donors (Lipinski definition) is 1. The molecule has 1 aliphatic heterocycles. The molecule has 5 aliphatic rings. The lowest BCUT2D eigenvalue weighted by molar-refractivity contribution is -0.134. The van der Waals surface area contributed by atoms with Crippen molar-refractivity contribution in [2.24, 2.45) is 11.8 Å². The van der Waals surface area contributed by atoms with Gasteiger partial charge in [0.25, 0.3) is 0 Å². The van der Waals surface area contributed by atoms with E-state index in [0.717, 1.165) is 50.9 Å². The van der Waals surface area contributed by atoms with Crippen molar-refractivity contribution >= 4 is 33.4 Å². The molecule has 10 heteroatoms. The molecule has 0 radical (unpaired) electrons. The van der Waals surface area contributed by atoms with E-state index in [9.17, 15) is 17.6 Å². The summed E-state index contributed by atoms with van der Waals surface area (Å²) in [6, 6.07) is 3.16. The van der Waals surface area contributed by atoms with E-state index >= 15 is 0 Å². The van der Waals surface area contributed by atoms with Crippen molar-refractivity contribution in [3.8, 4) is 5.75 Å². The number of anilines is 1. The Morgan fingerprint density at radius 2 is 1.91 bits per heavy atom. The Morgan fingerprint density at radius 3 is 2.47 bits per heavy atom. The first kappa shape index (κ1) is 23.9. The molecule has 1 heterocycles. The Kier molecular flexibility index (Phi) is 6.13. The molecule has 1 atom stereocenters. The van der Waals surface area contributed by atoms with Crippen LogP contribution in [0.4, 0.5) is 10.1 Å². The summed E-state index contributed by atoms with van der Waals surface area (Å²) >= 11 is 1.36. The highest BCUT2D eigenvalue weighted by Crippen LogP contribution is 2.62. The van der Waals surface area contributed by atoms with E-state index in [2.05, 4.69) is 4.90 Å². The minimum absolute atomic E-state index is 0.0143. The maximum Gasteiger partial charge on any atom is 0.368 e.